The van der Waals surface area contributed by atoms with Gasteiger partial charge in [-0.15, -0.1) is 0 Å². The lowest BCUT2D eigenvalue weighted by Gasteiger charge is -2.12. The number of hydrogen-bond donors (Lipinski definition) is 1. The Balaban J connectivity index is 1.99. The maximum atomic E-state index is 11.5. The highest BCUT2D eigenvalue weighted by molar-refractivity contribution is 5.79. The molecule has 18 heavy (non-hydrogen) atoms. The first-order valence-corrected chi connectivity index (χ1v) is 6.08. The molecule has 1 aliphatic rings. The number of rotatable bonds is 5. The minimum absolute atomic E-state index is 0.0264. The number of carbonyl (C=O) groups excluding carboxylic acids is 2. The third-order valence-corrected chi connectivity index (χ3v) is 2.91. The standard InChI is InChI=1S/C14H17NO3/c1-9-5-11(7-16)6-10(2)14(9)18-8-13(17)15-12-3-4-12/h5-7,12H,3-4,8H2,1-2H3,(H,15,17). The summed E-state index contributed by atoms with van der Waals surface area (Å²) in [5.74, 6) is 0.599. The van der Waals surface area contributed by atoms with Crippen molar-refractivity contribution in [1.82, 2.24) is 5.32 Å². The quantitative estimate of drug-likeness (QED) is 0.807. The Labute approximate surface area is 106 Å². The molecule has 1 aromatic carbocycles. The maximum Gasteiger partial charge on any atom is 0.258 e. The van der Waals surface area contributed by atoms with Gasteiger partial charge >= 0.3 is 0 Å². The second-order valence-corrected chi connectivity index (χ2v) is 4.73. The van der Waals surface area contributed by atoms with Crippen molar-refractivity contribution in [3.05, 3.63) is 28.8 Å². The van der Waals surface area contributed by atoms with Crippen LogP contribution in [0.15, 0.2) is 12.1 Å². The molecular weight excluding hydrogens is 230 g/mol. The lowest BCUT2D eigenvalue weighted by molar-refractivity contribution is -0.123. The predicted molar refractivity (Wildman–Crippen MR) is 68.0 cm³/mol. The van der Waals surface area contributed by atoms with E-state index in [2.05, 4.69) is 5.32 Å². The van der Waals surface area contributed by atoms with E-state index in [-0.39, 0.29) is 12.5 Å². The highest BCUT2D eigenvalue weighted by atomic mass is 16.5. The van der Waals surface area contributed by atoms with Crippen LogP contribution in [0.2, 0.25) is 0 Å². The van der Waals surface area contributed by atoms with Crippen LogP contribution in [0.3, 0.4) is 0 Å². The minimum atomic E-state index is -0.0873. The molecule has 0 atom stereocenters. The number of aldehydes is 1. The lowest BCUT2D eigenvalue weighted by Crippen LogP contribution is -2.30. The molecular formula is C14H17NO3. The van der Waals surface area contributed by atoms with Crippen molar-refractivity contribution in [2.24, 2.45) is 0 Å². The van der Waals surface area contributed by atoms with Crippen LogP contribution in [-0.2, 0) is 4.79 Å². The largest absolute Gasteiger partial charge is 0.483 e. The lowest BCUT2D eigenvalue weighted by atomic mass is 10.1. The van der Waals surface area contributed by atoms with Crippen molar-refractivity contribution >= 4 is 12.2 Å². The van der Waals surface area contributed by atoms with E-state index >= 15 is 0 Å². The number of aryl methyl sites for hydroxylation is 2. The molecule has 0 bridgehead atoms. The van der Waals surface area contributed by atoms with Crippen molar-refractivity contribution in [2.75, 3.05) is 6.61 Å². The summed E-state index contributed by atoms with van der Waals surface area (Å²) in [7, 11) is 0. The average molecular weight is 247 g/mol. The number of hydrogen-bond acceptors (Lipinski definition) is 3. The summed E-state index contributed by atoms with van der Waals surface area (Å²) in [6, 6.07) is 3.86. The van der Waals surface area contributed by atoms with Crippen LogP contribution in [-0.4, -0.2) is 24.8 Å². The summed E-state index contributed by atoms with van der Waals surface area (Å²) in [6.45, 7) is 3.76. The third kappa shape index (κ3) is 3.09. The first-order chi connectivity index (χ1) is 8.60. The molecule has 0 aliphatic heterocycles. The van der Waals surface area contributed by atoms with Crippen LogP contribution < -0.4 is 10.1 Å². The van der Waals surface area contributed by atoms with E-state index in [1.165, 1.54) is 0 Å². The second-order valence-electron chi connectivity index (χ2n) is 4.73. The summed E-state index contributed by atoms with van der Waals surface area (Å²) in [6.07, 6.45) is 2.94. The average Bonchev–Trinajstić information content (AvgIpc) is 3.11. The van der Waals surface area contributed by atoms with Crippen LogP contribution in [0.5, 0.6) is 5.75 Å². The van der Waals surface area contributed by atoms with Gasteiger partial charge in [0.1, 0.15) is 12.0 Å². The van der Waals surface area contributed by atoms with E-state index < -0.39 is 0 Å². The van der Waals surface area contributed by atoms with Gasteiger partial charge in [0.2, 0.25) is 0 Å². The predicted octanol–water partition coefficient (Wildman–Crippen LogP) is 1.77. The maximum absolute atomic E-state index is 11.5. The second kappa shape index (κ2) is 5.21. The Kier molecular flexibility index (Phi) is 3.65. The van der Waals surface area contributed by atoms with Gasteiger partial charge in [0.25, 0.3) is 5.91 Å². The fourth-order valence-corrected chi connectivity index (χ4v) is 1.91. The molecule has 0 unspecified atom stereocenters. The number of nitrogens with one attached hydrogen (secondary N) is 1. The zero-order chi connectivity index (χ0) is 13.1. The highest BCUT2D eigenvalue weighted by Gasteiger charge is 2.23. The summed E-state index contributed by atoms with van der Waals surface area (Å²) < 4.78 is 5.53. The Bertz CT molecular complexity index is 455. The molecule has 1 aliphatic carbocycles. The summed E-state index contributed by atoms with van der Waals surface area (Å²) in [5.41, 5.74) is 2.37. The molecule has 1 N–H and O–H groups in total. The molecule has 0 aromatic heterocycles. The molecule has 1 fully saturated rings. The van der Waals surface area contributed by atoms with Crippen molar-refractivity contribution in [3.63, 3.8) is 0 Å². The topological polar surface area (TPSA) is 55.4 Å². The van der Waals surface area contributed by atoms with Crippen molar-refractivity contribution in [3.8, 4) is 5.75 Å². The smallest absolute Gasteiger partial charge is 0.258 e. The zero-order valence-corrected chi connectivity index (χ0v) is 10.7. The van der Waals surface area contributed by atoms with Gasteiger partial charge in [-0.25, -0.2) is 0 Å². The Morgan fingerprint density at radius 3 is 2.50 bits per heavy atom. The molecule has 0 radical (unpaired) electrons. The summed E-state index contributed by atoms with van der Waals surface area (Å²) in [4.78, 5) is 22.2. The molecule has 4 heteroatoms. The number of benzene rings is 1. The van der Waals surface area contributed by atoms with Crippen LogP contribution in [0.1, 0.15) is 34.3 Å². The number of amides is 1. The van der Waals surface area contributed by atoms with Gasteiger partial charge in [0.15, 0.2) is 6.61 Å². The molecule has 0 heterocycles. The molecule has 0 saturated heterocycles. The van der Waals surface area contributed by atoms with E-state index in [0.717, 1.165) is 30.3 Å². The van der Waals surface area contributed by atoms with Crippen molar-refractivity contribution in [2.45, 2.75) is 32.7 Å². The van der Waals surface area contributed by atoms with E-state index in [9.17, 15) is 9.59 Å². The zero-order valence-electron chi connectivity index (χ0n) is 10.7. The Morgan fingerprint density at radius 2 is 2.00 bits per heavy atom. The fourth-order valence-electron chi connectivity index (χ4n) is 1.91. The highest BCUT2D eigenvalue weighted by Crippen LogP contribution is 2.24. The molecule has 2 rings (SSSR count). The molecule has 0 spiro atoms. The van der Waals surface area contributed by atoms with Gasteiger partial charge in [-0.1, -0.05) is 0 Å². The van der Waals surface area contributed by atoms with Crippen LogP contribution in [0.4, 0.5) is 0 Å². The first-order valence-electron chi connectivity index (χ1n) is 6.08. The third-order valence-electron chi connectivity index (χ3n) is 2.91. The number of carbonyl (C=O) groups is 2. The van der Waals surface area contributed by atoms with Crippen LogP contribution in [0, 0.1) is 13.8 Å². The Morgan fingerprint density at radius 1 is 1.39 bits per heavy atom. The van der Waals surface area contributed by atoms with Gasteiger partial charge in [-0.05, 0) is 49.9 Å². The normalized spacial score (nSPS) is 14.1. The minimum Gasteiger partial charge on any atom is -0.483 e. The van der Waals surface area contributed by atoms with E-state index in [4.69, 9.17) is 4.74 Å². The molecule has 1 amide bonds. The van der Waals surface area contributed by atoms with Crippen LogP contribution >= 0.6 is 0 Å². The van der Waals surface area contributed by atoms with Gasteiger partial charge < -0.3 is 10.1 Å². The number of ether oxygens (including phenoxy) is 1. The van der Waals surface area contributed by atoms with E-state index in [1.54, 1.807) is 12.1 Å². The van der Waals surface area contributed by atoms with Gasteiger partial charge in [0.05, 0.1) is 0 Å². The van der Waals surface area contributed by atoms with Crippen LogP contribution in [0.25, 0.3) is 0 Å². The summed E-state index contributed by atoms with van der Waals surface area (Å²) >= 11 is 0. The SMILES string of the molecule is Cc1cc(C=O)cc(C)c1OCC(=O)NC1CC1. The molecule has 4 nitrogen and oxygen atoms in total. The van der Waals surface area contributed by atoms with Gasteiger partial charge in [-0.2, -0.15) is 0 Å². The molecule has 96 valence electrons. The van der Waals surface area contributed by atoms with Gasteiger partial charge in [0, 0.05) is 11.6 Å². The summed E-state index contributed by atoms with van der Waals surface area (Å²) in [5, 5.41) is 2.87. The van der Waals surface area contributed by atoms with Gasteiger partial charge in [-0.3, -0.25) is 9.59 Å². The monoisotopic (exact) mass is 247 g/mol. The van der Waals surface area contributed by atoms with Crippen molar-refractivity contribution < 1.29 is 14.3 Å². The molecule has 1 aromatic rings. The molecule has 1 saturated carbocycles. The fraction of sp³-hybridized carbons (Fsp3) is 0.429. The van der Waals surface area contributed by atoms with Crippen molar-refractivity contribution in [1.29, 1.82) is 0 Å². The first kappa shape index (κ1) is 12.6. The van der Waals surface area contributed by atoms with E-state index in [1.807, 2.05) is 13.8 Å². The van der Waals surface area contributed by atoms with E-state index in [0.29, 0.717) is 17.4 Å². The Hall–Kier alpha value is -1.84.